The second-order valence-corrected chi connectivity index (χ2v) is 3.87. The molecule has 1 aliphatic heterocycles. The molecule has 3 rings (SSSR count). The van der Waals surface area contributed by atoms with E-state index >= 15 is 0 Å². The van der Waals surface area contributed by atoms with Crippen LogP contribution in [0.2, 0.25) is 0 Å². The van der Waals surface area contributed by atoms with E-state index in [-0.39, 0.29) is 0 Å². The molecule has 0 spiro atoms. The fourth-order valence-corrected chi connectivity index (χ4v) is 2.45. The van der Waals surface area contributed by atoms with Crippen molar-refractivity contribution in [3.63, 3.8) is 0 Å². The lowest BCUT2D eigenvalue weighted by Gasteiger charge is -1.87. The highest BCUT2D eigenvalue weighted by Gasteiger charge is 2.30. The van der Waals surface area contributed by atoms with Crippen molar-refractivity contribution >= 4 is 21.9 Å². The van der Waals surface area contributed by atoms with Gasteiger partial charge in [-0.25, -0.2) is 8.18 Å². The number of aromatic nitrogens is 1. The summed E-state index contributed by atoms with van der Waals surface area (Å²) >= 11 is 0. The van der Waals surface area contributed by atoms with E-state index in [1.165, 1.54) is 5.39 Å². The molecule has 3 heteroatoms. The first kappa shape index (κ1) is 5.55. The van der Waals surface area contributed by atoms with Crippen LogP contribution in [0.5, 0.6) is 0 Å². The lowest BCUT2D eigenvalue weighted by molar-refractivity contribution is 0.691. The SMILES string of the molecule is O=S1c2cc3ccccc3n21. The zero-order valence-electron chi connectivity index (χ0n) is 5.65. The van der Waals surface area contributed by atoms with Crippen molar-refractivity contribution in [2.24, 2.45) is 0 Å². The first-order valence-corrected chi connectivity index (χ1v) is 4.51. The summed E-state index contributed by atoms with van der Waals surface area (Å²) in [6, 6.07) is 9.96. The number of nitrogens with zero attached hydrogens (tertiary/aromatic N) is 1. The summed E-state index contributed by atoms with van der Waals surface area (Å²) in [6.45, 7) is 0. The van der Waals surface area contributed by atoms with Crippen LogP contribution in [0, 0.1) is 0 Å². The molecule has 2 nitrogen and oxygen atoms in total. The highest BCUT2D eigenvalue weighted by atomic mass is 32.2. The summed E-state index contributed by atoms with van der Waals surface area (Å²) in [7, 11) is -0.824. The Morgan fingerprint density at radius 1 is 1.27 bits per heavy atom. The third-order valence-corrected chi connectivity index (χ3v) is 3.16. The Balaban J connectivity index is 2.55. The van der Waals surface area contributed by atoms with Crippen molar-refractivity contribution in [3.05, 3.63) is 30.3 Å². The van der Waals surface area contributed by atoms with Gasteiger partial charge >= 0.3 is 0 Å². The summed E-state index contributed by atoms with van der Waals surface area (Å²) in [6.07, 6.45) is 0. The van der Waals surface area contributed by atoms with Crippen LogP contribution in [0.4, 0.5) is 0 Å². The average Bonchev–Trinajstić information content (AvgIpc) is 2.55. The average molecular weight is 163 g/mol. The molecule has 1 unspecified atom stereocenters. The standard InChI is InChI=1S/C8H5NOS/c10-11-8-5-6-3-1-2-4-7(6)9(8)11/h1-5H. The molecule has 11 heavy (non-hydrogen) atoms. The number of hydrogen-bond donors (Lipinski definition) is 0. The van der Waals surface area contributed by atoms with Gasteiger partial charge in [0.25, 0.3) is 0 Å². The molecule has 0 amide bonds. The molecule has 0 saturated carbocycles. The smallest absolute Gasteiger partial charge is 0.176 e. The van der Waals surface area contributed by atoms with E-state index in [0.29, 0.717) is 0 Å². The largest absolute Gasteiger partial charge is 0.244 e. The Hall–Kier alpha value is -1.09. The first-order chi connectivity index (χ1) is 5.38. The predicted octanol–water partition coefficient (Wildman–Crippen LogP) is 1.53. The molecule has 2 heterocycles. The van der Waals surface area contributed by atoms with Crippen LogP contribution in [0.3, 0.4) is 0 Å². The van der Waals surface area contributed by atoms with E-state index in [9.17, 15) is 4.21 Å². The number of fused-ring (bicyclic) bond motifs is 3. The third-order valence-electron chi connectivity index (χ3n) is 1.95. The minimum absolute atomic E-state index is 0.824. The molecule has 2 aromatic rings. The summed E-state index contributed by atoms with van der Waals surface area (Å²) in [4.78, 5) is 0. The van der Waals surface area contributed by atoms with Crippen LogP contribution in [0.15, 0.2) is 35.4 Å². The Labute approximate surface area is 66.0 Å². The maximum atomic E-state index is 11.0. The van der Waals surface area contributed by atoms with Crippen molar-refractivity contribution < 1.29 is 4.21 Å². The van der Waals surface area contributed by atoms with E-state index in [0.717, 1.165) is 10.5 Å². The maximum absolute atomic E-state index is 11.0. The van der Waals surface area contributed by atoms with E-state index in [2.05, 4.69) is 0 Å². The van der Waals surface area contributed by atoms with E-state index in [1.54, 1.807) is 0 Å². The van der Waals surface area contributed by atoms with Gasteiger partial charge < -0.3 is 0 Å². The number of benzene rings is 1. The van der Waals surface area contributed by atoms with Gasteiger partial charge in [0.05, 0.1) is 5.52 Å². The molecule has 1 atom stereocenters. The second-order valence-electron chi connectivity index (χ2n) is 2.58. The third kappa shape index (κ3) is 0.546. The van der Waals surface area contributed by atoms with Crippen molar-refractivity contribution in [1.82, 2.24) is 3.97 Å². The monoisotopic (exact) mass is 163 g/mol. The van der Waals surface area contributed by atoms with E-state index in [4.69, 9.17) is 0 Å². The minimum atomic E-state index is -0.824. The molecule has 1 aromatic heterocycles. The fourth-order valence-electron chi connectivity index (χ4n) is 1.37. The van der Waals surface area contributed by atoms with Crippen LogP contribution < -0.4 is 0 Å². The van der Waals surface area contributed by atoms with Gasteiger partial charge in [-0.05, 0) is 12.1 Å². The van der Waals surface area contributed by atoms with Crippen LogP contribution in [-0.2, 0) is 11.0 Å². The van der Waals surface area contributed by atoms with Crippen LogP contribution >= 0.6 is 0 Å². The molecule has 54 valence electrons. The van der Waals surface area contributed by atoms with Crippen LogP contribution in [-0.4, -0.2) is 8.18 Å². The minimum Gasteiger partial charge on any atom is -0.244 e. The molecular formula is C8H5NOS. The quantitative estimate of drug-likeness (QED) is 0.460. The number of hydrogen-bond acceptors (Lipinski definition) is 1. The molecule has 0 saturated heterocycles. The van der Waals surface area contributed by atoms with Crippen LogP contribution in [0.25, 0.3) is 10.9 Å². The fraction of sp³-hybridized carbons (Fsp3) is 0. The van der Waals surface area contributed by atoms with Crippen molar-refractivity contribution in [2.45, 2.75) is 5.03 Å². The van der Waals surface area contributed by atoms with Gasteiger partial charge in [-0.3, -0.25) is 0 Å². The lowest BCUT2D eigenvalue weighted by Crippen LogP contribution is -1.75. The molecule has 1 aromatic carbocycles. The van der Waals surface area contributed by atoms with Gasteiger partial charge in [0.1, 0.15) is 5.03 Å². The Kier molecular flexibility index (Phi) is 0.786. The molecule has 0 fully saturated rings. The van der Waals surface area contributed by atoms with Gasteiger partial charge in [-0.1, -0.05) is 18.2 Å². The Morgan fingerprint density at radius 3 is 3.00 bits per heavy atom. The number of para-hydroxylation sites is 1. The van der Waals surface area contributed by atoms with Gasteiger partial charge in [0, 0.05) is 5.39 Å². The van der Waals surface area contributed by atoms with Crippen LogP contribution in [0.1, 0.15) is 0 Å². The molecule has 0 aliphatic carbocycles. The topological polar surface area (TPSA) is 22.0 Å². The molecule has 0 N–H and O–H groups in total. The van der Waals surface area contributed by atoms with Crippen molar-refractivity contribution in [2.75, 3.05) is 0 Å². The second kappa shape index (κ2) is 1.56. The maximum Gasteiger partial charge on any atom is 0.176 e. The summed E-state index contributed by atoms with van der Waals surface area (Å²) in [5, 5.41) is 2.13. The van der Waals surface area contributed by atoms with E-state index < -0.39 is 11.0 Å². The lowest BCUT2D eigenvalue weighted by atomic mass is 10.3. The van der Waals surface area contributed by atoms with Gasteiger partial charge in [0.2, 0.25) is 0 Å². The predicted molar refractivity (Wildman–Crippen MR) is 43.7 cm³/mol. The Bertz CT molecular complexity index is 472. The zero-order chi connectivity index (χ0) is 7.42. The van der Waals surface area contributed by atoms with Crippen molar-refractivity contribution in [3.8, 4) is 0 Å². The summed E-state index contributed by atoms with van der Waals surface area (Å²) < 4.78 is 12.9. The van der Waals surface area contributed by atoms with Gasteiger partial charge in [-0.2, -0.15) is 0 Å². The van der Waals surface area contributed by atoms with Gasteiger partial charge in [-0.15, -0.1) is 0 Å². The summed E-state index contributed by atoms with van der Waals surface area (Å²) in [5.41, 5.74) is 1.08. The Morgan fingerprint density at radius 2 is 2.09 bits per heavy atom. The van der Waals surface area contributed by atoms with E-state index in [1.807, 2.05) is 34.3 Å². The highest BCUT2D eigenvalue weighted by molar-refractivity contribution is 7.89. The number of rotatable bonds is 0. The molecular weight excluding hydrogens is 158 g/mol. The molecule has 0 radical (unpaired) electrons. The molecule has 1 aliphatic rings. The van der Waals surface area contributed by atoms with Gasteiger partial charge in [0.15, 0.2) is 11.0 Å². The zero-order valence-corrected chi connectivity index (χ0v) is 6.47. The summed E-state index contributed by atoms with van der Waals surface area (Å²) in [5.74, 6) is 0. The normalized spacial score (nSPS) is 20.2. The highest BCUT2D eigenvalue weighted by Crippen LogP contribution is 2.33. The first-order valence-electron chi connectivity index (χ1n) is 3.41. The van der Waals surface area contributed by atoms with Crippen molar-refractivity contribution in [1.29, 1.82) is 0 Å². The molecule has 0 bridgehead atoms.